The Morgan fingerprint density at radius 1 is 1.10 bits per heavy atom. The number of carbonyl (C=O) groups excluding carboxylic acids is 1. The lowest BCUT2D eigenvalue weighted by molar-refractivity contribution is 0.0697. The van der Waals surface area contributed by atoms with E-state index in [1.54, 1.807) is 18.2 Å². The number of pyridine rings is 1. The van der Waals surface area contributed by atoms with Crippen molar-refractivity contribution in [2.24, 2.45) is 0 Å². The summed E-state index contributed by atoms with van der Waals surface area (Å²) in [4.78, 5) is 26.9. The van der Waals surface area contributed by atoms with Crippen LogP contribution in [0.4, 0.5) is 5.82 Å². The third kappa shape index (κ3) is 4.14. The predicted octanol–water partition coefficient (Wildman–Crippen LogP) is 2.85. The molecule has 0 radical (unpaired) electrons. The summed E-state index contributed by atoms with van der Waals surface area (Å²) >= 11 is 0. The molecule has 1 aromatic heterocycles. The van der Waals surface area contributed by atoms with Crippen LogP contribution in [-0.2, 0) is 0 Å². The van der Waals surface area contributed by atoms with Crippen molar-refractivity contribution in [2.75, 3.05) is 11.9 Å². The fraction of sp³-hybridized carbons (Fsp3) is 0.188. The summed E-state index contributed by atoms with van der Waals surface area (Å²) in [6, 6.07) is 12.2. The molecule has 2 rings (SSSR count). The first-order valence-electron chi connectivity index (χ1n) is 6.69. The molecule has 0 saturated heterocycles. The first-order chi connectivity index (χ1) is 10.2. The van der Waals surface area contributed by atoms with Crippen LogP contribution in [0, 0.1) is 0 Å². The van der Waals surface area contributed by atoms with Crippen LogP contribution >= 0.6 is 0 Å². The van der Waals surface area contributed by atoms with Crippen LogP contribution < -0.4 is 5.32 Å². The molecule has 5 nitrogen and oxygen atoms in total. The van der Waals surface area contributed by atoms with Gasteiger partial charge in [-0.3, -0.25) is 4.79 Å². The van der Waals surface area contributed by atoms with Crippen molar-refractivity contribution < 1.29 is 14.7 Å². The minimum absolute atomic E-state index is 0.0804. The van der Waals surface area contributed by atoms with Gasteiger partial charge < -0.3 is 10.4 Å². The number of aromatic carboxylic acids is 1. The van der Waals surface area contributed by atoms with Gasteiger partial charge in [0.15, 0.2) is 5.78 Å². The molecule has 1 heterocycles. The van der Waals surface area contributed by atoms with E-state index in [4.69, 9.17) is 5.11 Å². The second kappa shape index (κ2) is 7.19. The van der Waals surface area contributed by atoms with Crippen molar-refractivity contribution in [3.05, 3.63) is 59.8 Å². The van der Waals surface area contributed by atoms with Gasteiger partial charge in [-0.05, 0) is 18.6 Å². The van der Waals surface area contributed by atoms with E-state index in [9.17, 15) is 9.59 Å². The number of aromatic nitrogens is 1. The molecule has 0 saturated carbocycles. The number of carboxylic acid groups (broad SMARTS) is 1. The fourth-order valence-electron chi connectivity index (χ4n) is 1.94. The van der Waals surface area contributed by atoms with Crippen LogP contribution in [-0.4, -0.2) is 28.4 Å². The number of benzene rings is 1. The molecule has 5 heteroatoms. The van der Waals surface area contributed by atoms with Gasteiger partial charge in [0.25, 0.3) is 0 Å². The van der Waals surface area contributed by atoms with Crippen molar-refractivity contribution in [1.82, 2.24) is 4.98 Å². The lowest BCUT2D eigenvalue weighted by atomic mass is 10.1. The maximum absolute atomic E-state index is 11.9. The number of hydrogen-bond donors (Lipinski definition) is 2. The van der Waals surface area contributed by atoms with Crippen molar-refractivity contribution in [3.63, 3.8) is 0 Å². The summed E-state index contributed by atoms with van der Waals surface area (Å²) in [5.74, 6) is -0.611. The summed E-state index contributed by atoms with van der Waals surface area (Å²) < 4.78 is 0. The van der Waals surface area contributed by atoms with E-state index in [1.165, 1.54) is 12.3 Å². The normalized spacial score (nSPS) is 10.1. The molecular weight excluding hydrogens is 268 g/mol. The van der Waals surface area contributed by atoms with Gasteiger partial charge in [-0.1, -0.05) is 30.3 Å². The van der Waals surface area contributed by atoms with E-state index in [1.807, 2.05) is 18.2 Å². The summed E-state index contributed by atoms with van der Waals surface area (Å²) in [6.07, 6.45) is 2.56. The SMILES string of the molecule is O=C(CCCNc1ncccc1C(=O)O)c1ccccc1. The zero-order valence-corrected chi connectivity index (χ0v) is 11.5. The molecule has 21 heavy (non-hydrogen) atoms. The standard InChI is InChI=1S/C16H16N2O3/c19-14(12-6-2-1-3-7-12)9-5-11-18-15-13(16(20)21)8-4-10-17-15/h1-4,6-8,10H,5,9,11H2,(H,17,18)(H,20,21). The molecule has 1 aromatic carbocycles. The first-order valence-corrected chi connectivity index (χ1v) is 6.69. The summed E-state index contributed by atoms with van der Waals surface area (Å²) in [5, 5.41) is 12.0. The molecule has 0 unspecified atom stereocenters. The molecule has 0 amide bonds. The molecule has 0 fully saturated rings. The molecule has 0 spiro atoms. The van der Waals surface area contributed by atoms with Gasteiger partial charge in [0.1, 0.15) is 11.4 Å². The second-order valence-electron chi connectivity index (χ2n) is 4.52. The maximum Gasteiger partial charge on any atom is 0.339 e. The highest BCUT2D eigenvalue weighted by atomic mass is 16.4. The Morgan fingerprint density at radius 2 is 1.86 bits per heavy atom. The van der Waals surface area contributed by atoms with Gasteiger partial charge in [0.2, 0.25) is 0 Å². The minimum Gasteiger partial charge on any atom is -0.478 e. The lowest BCUT2D eigenvalue weighted by Crippen LogP contribution is -2.10. The Balaban J connectivity index is 1.83. The third-order valence-corrected chi connectivity index (χ3v) is 3.01. The number of rotatable bonds is 7. The minimum atomic E-state index is -1.02. The number of carboxylic acids is 1. The van der Waals surface area contributed by atoms with E-state index in [0.717, 1.165) is 0 Å². The molecule has 108 valence electrons. The summed E-state index contributed by atoms with van der Waals surface area (Å²) in [6.45, 7) is 0.496. The maximum atomic E-state index is 11.9. The Morgan fingerprint density at radius 3 is 2.57 bits per heavy atom. The molecular formula is C16H16N2O3. The Bertz CT molecular complexity index is 626. The van der Waals surface area contributed by atoms with Crippen molar-refractivity contribution in [2.45, 2.75) is 12.8 Å². The molecule has 0 aliphatic carbocycles. The van der Waals surface area contributed by atoms with Crippen molar-refractivity contribution in [1.29, 1.82) is 0 Å². The number of Topliss-reactive ketones (excluding diaryl/α,β-unsaturated/α-hetero) is 1. The topological polar surface area (TPSA) is 79.3 Å². The molecule has 0 aliphatic heterocycles. The number of hydrogen-bond acceptors (Lipinski definition) is 4. The molecule has 0 atom stereocenters. The van der Waals surface area contributed by atoms with Gasteiger partial charge in [-0.15, -0.1) is 0 Å². The monoisotopic (exact) mass is 284 g/mol. The molecule has 0 aliphatic rings. The Kier molecular flexibility index (Phi) is 5.04. The van der Waals surface area contributed by atoms with Crippen LogP contribution in [0.3, 0.4) is 0 Å². The van der Waals surface area contributed by atoms with Crippen LogP contribution in [0.1, 0.15) is 33.6 Å². The van der Waals surface area contributed by atoms with Crippen LogP contribution in [0.15, 0.2) is 48.7 Å². The van der Waals surface area contributed by atoms with Gasteiger partial charge in [-0.25, -0.2) is 9.78 Å². The number of ketones is 1. The number of nitrogens with one attached hydrogen (secondary N) is 1. The smallest absolute Gasteiger partial charge is 0.339 e. The average Bonchev–Trinajstić information content (AvgIpc) is 2.52. The molecule has 2 N–H and O–H groups in total. The van der Waals surface area contributed by atoms with E-state index in [0.29, 0.717) is 30.8 Å². The summed E-state index contributed by atoms with van der Waals surface area (Å²) in [5.41, 5.74) is 0.827. The van der Waals surface area contributed by atoms with Crippen molar-refractivity contribution in [3.8, 4) is 0 Å². The fourth-order valence-corrected chi connectivity index (χ4v) is 1.94. The van der Waals surface area contributed by atoms with Gasteiger partial charge in [-0.2, -0.15) is 0 Å². The van der Waals surface area contributed by atoms with E-state index in [-0.39, 0.29) is 11.3 Å². The first kappa shape index (κ1) is 14.7. The highest BCUT2D eigenvalue weighted by Gasteiger charge is 2.10. The largest absolute Gasteiger partial charge is 0.478 e. The number of carbonyl (C=O) groups is 2. The average molecular weight is 284 g/mol. The van der Waals surface area contributed by atoms with E-state index >= 15 is 0 Å². The van der Waals surface area contributed by atoms with E-state index in [2.05, 4.69) is 10.3 Å². The summed E-state index contributed by atoms with van der Waals surface area (Å²) in [7, 11) is 0. The quantitative estimate of drug-likeness (QED) is 0.603. The van der Waals surface area contributed by atoms with Crippen LogP contribution in [0.5, 0.6) is 0 Å². The second-order valence-corrected chi connectivity index (χ2v) is 4.52. The lowest BCUT2D eigenvalue weighted by Gasteiger charge is -2.07. The van der Waals surface area contributed by atoms with Gasteiger partial charge >= 0.3 is 5.97 Å². The number of nitrogens with zero attached hydrogens (tertiary/aromatic N) is 1. The Labute approximate surface area is 122 Å². The Hall–Kier alpha value is -2.69. The predicted molar refractivity (Wildman–Crippen MR) is 79.7 cm³/mol. The zero-order chi connectivity index (χ0) is 15.1. The van der Waals surface area contributed by atoms with Gasteiger partial charge in [0, 0.05) is 24.7 Å². The third-order valence-electron chi connectivity index (χ3n) is 3.01. The van der Waals surface area contributed by atoms with Crippen LogP contribution in [0.25, 0.3) is 0 Å². The molecule has 2 aromatic rings. The van der Waals surface area contributed by atoms with Gasteiger partial charge in [0.05, 0.1) is 0 Å². The van der Waals surface area contributed by atoms with E-state index < -0.39 is 5.97 Å². The zero-order valence-electron chi connectivity index (χ0n) is 11.5. The number of anilines is 1. The van der Waals surface area contributed by atoms with Crippen LogP contribution in [0.2, 0.25) is 0 Å². The van der Waals surface area contributed by atoms with Crippen molar-refractivity contribution >= 4 is 17.6 Å². The highest BCUT2D eigenvalue weighted by Crippen LogP contribution is 2.12. The highest BCUT2D eigenvalue weighted by molar-refractivity contribution is 5.96. The molecule has 0 bridgehead atoms.